The highest BCUT2D eigenvalue weighted by Crippen LogP contribution is 2.46. The summed E-state index contributed by atoms with van der Waals surface area (Å²) in [6, 6.07) is 5.39. The first-order chi connectivity index (χ1) is 11.1. The average Bonchev–Trinajstić information content (AvgIpc) is 2.44. The van der Waals surface area contributed by atoms with Crippen LogP contribution in [0.25, 0.3) is 0 Å². The highest BCUT2D eigenvalue weighted by atomic mass is 16.6. The van der Waals surface area contributed by atoms with E-state index in [1.165, 1.54) is 45.0 Å². The zero-order chi connectivity index (χ0) is 18.2. The Bertz CT molecular complexity index is 706. The fourth-order valence-electron chi connectivity index (χ4n) is 3.73. The van der Waals surface area contributed by atoms with E-state index in [1.54, 1.807) is 0 Å². The maximum absolute atomic E-state index is 12.4. The van der Waals surface area contributed by atoms with Crippen LogP contribution in [0, 0.1) is 22.0 Å². The maximum atomic E-state index is 12.4. The van der Waals surface area contributed by atoms with Gasteiger partial charge in [-0.25, -0.2) is 0 Å². The van der Waals surface area contributed by atoms with Crippen LogP contribution in [0.15, 0.2) is 24.3 Å². The molecular weight excluding hydrogens is 314 g/mol. The minimum absolute atomic E-state index is 0.133. The lowest BCUT2D eigenvalue weighted by molar-refractivity contribution is -0.384. The van der Waals surface area contributed by atoms with Crippen molar-refractivity contribution in [3.63, 3.8) is 0 Å². The Labute approximate surface area is 138 Å². The predicted molar refractivity (Wildman–Crippen MR) is 84.4 cm³/mol. The number of nitrogens with zero attached hydrogens (tertiary/aromatic N) is 1. The summed E-state index contributed by atoms with van der Waals surface area (Å²) < 4.78 is 0. The van der Waals surface area contributed by atoms with Gasteiger partial charge in [-0.2, -0.15) is 0 Å². The van der Waals surface area contributed by atoms with Gasteiger partial charge in [0.05, 0.1) is 22.4 Å². The molecule has 4 atom stereocenters. The first-order valence-corrected chi connectivity index (χ1v) is 7.56. The second kappa shape index (κ2) is 6.24. The molecule has 0 saturated heterocycles. The number of benzene rings is 1. The number of hydrogen-bond acceptors (Lipinski definition) is 6. The van der Waals surface area contributed by atoms with Gasteiger partial charge in [-0.3, -0.25) is 24.5 Å². The third kappa shape index (κ3) is 3.12. The number of hydrogen-bond donors (Lipinski definition) is 1. The third-order valence-electron chi connectivity index (χ3n) is 4.63. The molecule has 1 N–H and O–H groups in total. The summed E-state index contributed by atoms with van der Waals surface area (Å²) in [5.74, 6) is -3.95. The van der Waals surface area contributed by atoms with Crippen LogP contribution in [0.1, 0.15) is 38.7 Å². The fraction of sp³-hybridized carbons (Fsp3) is 0.471. The number of rotatable bonds is 4. The largest absolute Gasteiger partial charge is 0.389 e. The van der Waals surface area contributed by atoms with Gasteiger partial charge in [0.2, 0.25) is 0 Å². The van der Waals surface area contributed by atoms with Gasteiger partial charge in [-0.1, -0.05) is 12.1 Å². The molecule has 0 spiro atoms. The topological polar surface area (TPSA) is 115 Å². The number of Topliss-reactive ketones (excluding diaryl/α,β-unsaturated/α-hetero) is 3. The molecule has 128 valence electrons. The lowest BCUT2D eigenvalue weighted by atomic mass is 9.60. The summed E-state index contributed by atoms with van der Waals surface area (Å²) in [7, 11) is 0. The molecule has 1 fully saturated rings. The second-order valence-electron chi connectivity index (χ2n) is 6.55. The molecule has 1 saturated carbocycles. The second-order valence-corrected chi connectivity index (χ2v) is 6.55. The van der Waals surface area contributed by atoms with E-state index in [9.17, 15) is 29.6 Å². The summed E-state index contributed by atoms with van der Waals surface area (Å²) in [5.41, 5.74) is -1.25. The van der Waals surface area contributed by atoms with Crippen molar-refractivity contribution >= 4 is 23.0 Å². The number of carbonyl (C=O) groups excluding carboxylic acids is 3. The number of nitro benzene ring substituents is 1. The van der Waals surface area contributed by atoms with Crippen molar-refractivity contribution in [2.24, 2.45) is 11.8 Å². The zero-order valence-corrected chi connectivity index (χ0v) is 13.7. The predicted octanol–water partition coefficient (Wildman–Crippen LogP) is 1.81. The Hall–Kier alpha value is -2.41. The van der Waals surface area contributed by atoms with Crippen molar-refractivity contribution in [2.45, 2.75) is 38.7 Å². The molecule has 1 aliphatic carbocycles. The SMILES string of the molecule is CC(=O)[C@@H]1C(=O)C[C@](C)(O)[C@H](C(C)=O)[C@@H]1c1ccc([N+](=O)[O-])cc1. The molecular formula is C17H19NO6. The monoisotopic (exact) mass is 333 g/mol. The smallest absolute Gasteiger partial charge is 0.269 e. The van der Waals surface area contributed by atoms with E-state index >= 15 is 0 Å². The van der Waals surface area contributed by atoms with Gasteiger partial charge in [0, 0.05) is 24.5 Å². The van der Waals surface area contributed by atoms with E-state index < -0.39 is 34.1 Å². The van der Waals surface area contributed by atoms with E-state index in [-0.39, 0.29) is 23.7 Å². The first-order valence-electron chi connectivity index (χ1n) is 7.56. The minimum atomic E-state index is -1.57. The Morgan fingerprint density at radius 3 is 2.17 bits per heavy atom. The molecule has 0 unspecified atom stereocenters. The summed E-state index contributed by atoms with van der Waals surface area (Å²) >= 11 is 0. The highest BCUT2D eigenvalue weighted by Gasteiger charge is 2.53. The molecule has 1 aliphatic rings. The maximum Gasteiger partial charge on any atom is 0.269 e. The Balaban J connectivity index is 2.60. The molecule has 7 nitrogen and oxygen atoms in total. The van der Waals surface area contributed by atoms with Gasteiger partial charge in [0.1, 0.15) is 17.3 Å². The minimum Gasteiger partial charge on any atom is -0.389 e. The van der Waals surface area contributed by atoms with Crippen molar-refractivity contribution in [1.29, 1.82) is 0 Å². The zero-order valence-electron chi connectivity index (χ0n) is 13.7. The summed E-state index contributed by atoms with van der Waals surface area (Å²) in [6.45, 7) is 3.99. The quantitative estimate of drug-likeness (QED) is 0.510. The molecule has 0 aromatic heterocycles. The van der Waals surface area contributed by atoms with Gasteiger partial charge in [0.25, 0.3) is 5.69 Å². The molecule has 1 aromatic rings. The number of ketones is 3. The van der Waals surface area contributed by atoms with Crippen LogP contribution in [0.2, 0.25) is 0 Å². The van der Waals surface area contributed by atoms with Gasteiger partial charge < -0.3 is 5.11 Å². The molecule has 1 aromatic carbocycles. The van der Waals surface area contributed by atoms with E-state index in [1.807, 2.05) is 0 Å². The third-order valence-corrected chi connectivity index (χ3v) is 4.63. The van der Waals surface area contributed by atoms with Crippen LogP contribution in [-0.4, -0.2) is 33.0 Å². The van der Waals surface area contributed by atoms with Crippen molar-refractivity contribution in [1.82, 2.24) is 0 Å². The summed E-state index contributed by atoms with van der Waals surface area (Å²) in [4.78, 5) is 46.8. The average molecular weight is 333 g/mol. The molecule has 0 radical (unpaired) electrons. The van der Waals surface area contributed by atoms with E-state index in [0.29, 0.717) is 5.56 Å². The summed E-state index contributed by atoms with van der Waals surface area (Å²) in [6.07, 6.45) is -0.273. The van der Waals surface area contributed by atoms with Gasteiger partial charge in [-0.15, -0.1) is 0 Å². The lowest BCUT2D eigenvalue weighted by Gasteiger charge is -2.44. The molecule has 0 aliphatic heterocycles. The number of carbonyl (C=O) groups is 3. The Morgan fingerprint density at radius 1 is 1.21 bits per heavy atom. The van der Waals surface area contributed by atoms with Crippen LogP contribution in [0.5, 0.6) is 0 Å². The van der Waals surface area contributed by atoms with Crippen LogP contribution in [0.4, 0.5) is 5.69 Å². The Morgan fingerprint density at radius 2 is 1.75 bits per heavy atom. The first kappa shape index (κ1) is 17.9. The molecule has 24 heavy (non-hydrogen) atoms. The highest BCUT2D eigenvalue weighted by molar-refractivity contribution is 6.05. The number of aliphatic hydroxyl groups is 1. The normalized spacial score (nSPS) is 30.0. The van der Waals surface area contributed by atoms with Crippen molar-refractivity contribution in [2.75, 3.05) is 0 Å². The van der Waals surface area contributed by atoms with Crippen LogP contribution < -0.4 is 0 Å². The standard InChI is InChI=1S/C17H19NO6/c1-9(19)14-13(21)8-17(3,22)16(10(2)20)15(14)11-4-6-12(7-5-11)18(23)24/h4-7,14-16,22H,8H2,1-3H3/t14-,15-,16-,17+/m1/s1. The van der Waals surface area contributed by atoms with Gasteiger partial charge >= 0.3 is 0 Å². The van der Waals surface area contributed by atoms with Gasteiger partial charge in [-0.05, 0) is 26.3 Å². The summed E-state index contributed by atoms with van der Waals surface area (Å²) in [5, 5.41) is 21.4. The van der Waals surface area contributed by atoms with Crippen LogP contribution in [-0.2, 0) is 14.4 Å². The van der Waals surface area contributed by atoms with Crippen molar-refractivity contribution in [3.8, 4) is 0 Å². The molecule has 7 heteroatoms. The van der Waals surface area contributed by atoms with E-state index in [0.717, 1.165) is 0 Å². The van der Waals surface area contributed by atoms with Crippen molar-refractivity contribution < 1.29 is 24.4 Å². The van der Waals surface area contributed by atoms with Crippen LogP contribution in [0.3, 0.4) is 0 Å². The van der Waals surface area contributed by atoms with E-state index in [4.69, 9.17) is 0 Å². The number of nitro groups is 1. The number of non-ortho nitro benzene ring substituents is 1. The van der Waals surface area contributed by atoms with Gasteiger partial charge in [0.15, 0.2) is 0 Å². The van der Waals surface area contributed by atoms with Crippen LogP contribution >= 0.6 is 0 Å². The molecule has 2 rings (SSSR count). The fourth-order valence-corrected chi connectivity index (χ4v) is 3.73. The Kier molecular flexibility index (Phi) is 4.66. The molecule has 0 amide bonds. The van der Waals surface area contributed by atoms with Crippen molar-refractivity contribution in [3.05, 3.63) is 39.9 Å². The lowest BCUT2D eigenvalue weighted by Crippen LogP contribution is -2.53. The van der Waals surface area contributed by atoms with E-state index in [2.05, 4.69) is 0 Å². The molecule has 0 heterocycles. The molecule has 0 bridgehead atoms.